The Morgan fingerprint density at radius 2 is 2.21 bits per heavy atom. The quantitative estimate of drug-likeness (QED) is 0.876. The SMILES string of the molecule is Nc1nc(CNC(=O)C2CC(=O)N(c3ccc(F)c(F)c3)C2)cs1. The zero-order valence-electron chi connectivity index (χ0n) is 12.5. The van der Waals surface area contributed by atoms with E-state index in [-0.39, 0.29) is 37.0 Å². The molecular weight excluding hydrogens is 338 g/mol. The van der Waals surface area contributed by atoms with E-state index in [1.165, 1.54) is 22.3 Å². The van der Waals surface area contributed by atoms with Gasteiger partial charge in [0.25, 0.3) is 0 Å². The third-order valence-corrected chi connectivity index (χ3v) is 4.45. The molecule has 9 heteroatoms. The van der Waals surface area contributed by atoms with Crippen LogP contribution in [0.3, 0.4) is 0 Å². The smallest absolute Gasteiger partial charge is 0.227 e. The summed E-state index contributed by atoms with van der Waals surface area (Å²) < 4.78 is 26.3. The molecule has 2 heterocycles. The Morgan fingerprint density at radius 1 is 1.42 bits per heavy atom. The van der Waals surface area contributed by atoms with Crippen molar-refractivity contribution in [2.75, 3.05) is 17.2 Å². The minimum absolute atomic E-state index is 0.0179. The summed E-state index contributed by atoms with van der Waals surface area (Å²) in [5.74, 6) is -3.17. The predicted octanol–water partition coefficient (Wildman–Crippen LogP) is 1.67. The van der Waals surface area contributed by atoms with Gasteiger partial charge in [-0.15, -0.1) is 11.3 Å². The van der Waals surface area contributed by atoms with Gasteiger partial charge in [0.05, 0.1) is 18.2 Å². The van der Waals surface area contributed by atoms with Gasteiger partial charge in [-0.3, -0.25) is 9.59 Å². The second kappa shape index (κ2) is 6.52. The molecule has 1 aliphatic rings. The normalized spacial score (nSPS) is 17.3. The molecule has 1 aliphatic heterocycles. The zero-order valence-corrected chi connectivity index (χ0v) is 13.3. The summed E-state index contributed by atoms with van der Waals surface area (Å²) in [6.07, 6.45) is 0.0179. The first-order valence-corrected chi connectivity index (χ1v) is 8.05. The minimum atomic E-state index is -1.03. The number of nitrogens with one attached hydrogen (secondary N) is 1. The van der Waals surface area contributed by atoms with E-state index in [4.69, 9.17) is 5.73 Å². The molecule has 3 N–H and O–H groups in total. The van der Waals surface area contributed by atoms with Gasteiger partial charge in [-0.1, -0.05) is 0 Å². The number of nitrogen functional groups attached to an aromatic ring is 1. The van der Waals surface area contributed by atoms with E-state index < -0.39 is 17.6 Å². The monoisotopic (exact) mass is 352 g/mol. The second-order valence-corrected chi connectivity index (χ2v) is 6.29. The van der Waals surface area contributed by atoms with Crippen molar-refractivity contribution < 1.29 is 18.4 Å². The van der Waals surface area contributed by atoms with Crippen LogP contribution in [0, 0.1) is 17.6 Å². The number of benzene rings is 1. The third-order valence-electron chi connectivity index (χ3n) is 3.72. The fraction of sp³-hybridized carbons (Fsp3) is 0.267. The summed E-state index contributed by atoms with van der Waals surface area (Å²) in [4.78, 5) is 29.6. The number of halogens is 2. The number of hydrogen-bond donors (Lipinski definition) is 2. The summed E-state index contributed by atoms with van der Waals surface area (Å²) in [6, 6.07) is 3.22. The molecule has 0 saturated carbocycles. The first kappa shape index (κ1) is 16.3. The van der Waals surface area contributed by atoms with E-state index in [0.717, 1.165) is 12.1 Å². The molecule has 1 aromatic heterocycles. The van der Waals surface area contributed by atoms with Gasteiger partial charge in [0.15, 0.2) is 16.8 Å². The van der Waals surface area contributed by atoms with Crippen LogP contribution in [0.5, 0.6) is 0 Å². The molecule has 1 unspecified atom stereocenters. The van der Waals surface area contributed by atoms with Crippen molar-refractivity contribution in [3.8, 4) is 0 Å². The van der Waals surface area contributed by atoms with Crippen LogP contribution < -0.4 is 16.0 Å². The summed E-state index contributed by atoms with van der Waals surface area (Å²) in [5, 5.41) is 4.86. The molecule has 0 radical (unpaired) electrons. The van der Waals surface area contributed by atoms with Crippen LogP contribution in [0.15, 0.2) is 23.6 Å². The lowest BCUT2D eigenvalue weighted by Gasteiger charge is -2.16. The number of nitrogens with two attached hydrogens (primary N) is 1. The van der Waals surface area contributed by atoms with Gasteiger partial charge < -0.3 is 16.0 Å². The van der Waals surface area contributed by atoms with Crippen molar-refractivity contribution in [3.63, 3.8) is 0 Å². The van der Waals surface area contributed by atoms with Gasteiger partial charge in [-0.05, 0) is 12.1 Å². The number of thiazole rings is 1. The van der Waals surface area contributed by atoms with Crippen LogP contribution in [0.1, 0.15) is 12.1 Å². The van der Waals surface area contributed by atoms with Gasteiger partial charge in [-0.2, -0.15) is 0 Å². The van der Waals surface area contributed by atoms with Crippen molar-refractivity contribution in [1.82, 2.24) is 10.3 Å². The van der Waals surface area contributed by atoms with E-state index in [1.807, 2.05) is 0 Å². The topological polar surface area (TPSA) is 88.3 Å². The van der Waals surface area contributed by atoms with E-state index in [0.29, 0.717) is 10.8 Å². The van der Waals surface area contributed by atoms with Crippen molar-refractivity contribution in [2.45, 2.75) is 13.0 Å². The van der Waals surface area contributed by atoms with Crippen molar-refractivity contribution in [3.05, 3.63) is 40.9 Å². The van der Waals surface area contributed by atoms with Crippen LogP contribution >= 0.6 is 11.3 Å². The van der Waals surface area contributed by atoms with Gasteiger partial charge >= 0.3 is 0 Å². The summed E-state index contributed by atoms with van der Waals surface area (Å²) in [7, 11) is 0. The van der Waals surface area contributed by atoms with Crippen LogP contribution in [-0.4, -0.2) is 23.3 Å². The molecule has 126 valence electrons. The highest BCUT2D eigenvalue weighted by molar-refractivity contribution is 7.13. The Kier molecular flexibility index (Phi) is 4.43. The number of nitrogens with zero attached hydrogens (tertiary/aromatic N) is 2. The maximum atomic E-state index is 13.3. The Hall–Kier alpha value is -2.55. The minimum Gasteiger partial charge on any atom is -0.375 e. The standard InChI is InChI=1S/C15H14F2N4O2S/c16-11-2-1-10(4-12(11)17)21-6-8(3-13(21)22)14(23)19-5-9-7-24-15(18)20-9/h1-2,4,7-8H,3,5-6H2,(H2,18,20)(H,19,23). The lowest BCUT2D eigenvalue weighted by Crippen LogP contribution is -2.32. The number of carbonyl (C=O) groups excluding carboxylic acids is 2. The van der Waals surface area contributed by atoms with Gasteiger partial charge in [0.2, 0.25) is 11.8 Å². The lowest BCUT2D eigenvalue weighted by molar-refractivity contribution is -0.126. The fourth-order valence-corrected chi connectivity index (χ4v) is 3.07. The van der Waals surface area contributed by atoms with Gasteiger partial charge in [0, 0.05) is 30.1 Å². The number of anilines is 2. The average Bonchev–Trinajstić information content (AvgIpc) is 3.14. The molecule has 3 rings (SSSR count). The number of rotatable bonds is 4. The highest BCUT2D eigenvalue weighted by atomic mass is 32.1. The molecule has 2 amide bonds. The molecule has 1 saturated heterocycles. The predicted molar refractivity (Wildman–Crippen MR) is 85.2 cm³/mol. The Balaban J connectivity index is 1.63. The molecule has 1 atom stereocenters. The first-order valence-electron chi connectivity index (χ1n) is 7.17. The van der Waals surface area contributed by atoms with Crippen LogP contribution in [-0.2, 0) is 16.1 Å². The number of aromatic nitrogens is 1. The molecule has 2 aromatic rings. The largest absolute Gasteiger partial charge is 0.375 e. The lowest BCUT2D eigenvalue weighted by atomic mass is 10.1. The average molecular weight is 352 g/mol. The van der Waals surface area contributed by atoms with Crippen LogP contribution in [0.25, 0.3) is 0 Å². The van der Waals surface area contributed by atoms with Crippen LogP contribution in [0.4, 0.5) is 19.6 Å². The Bertz CT molecular complexity index is 796. The van der Waals surface area contributed by atoms with E-state index in [2.05, 4.69) is 10.3 Å². The highest BCUT2D eigenvalue weighted by Gasteiger charge is 2.35. The Labute approximate surface area is 140 Å². The number of hydrogen-bond acceptors (Lipinski definition) is 5. The molecule has 24 heavy (non-hydrogen) atoms. The molecule has 1 fully saturated rings. The van der Waals surface area contributed by atoms with E-state index in [9.17, 15) is 18.4 Å². The summed E-state index contributed by atoms with van der Waals surface area (Å²) in [5.41, 5.74) is 6.40. The third kappa shape index (κ3) is 3.35. The highest BCUT2D eigenvalue weighted by Crippen LogP contribution is 2.26. The van der Waals surface area contributed by atoms with Gasteiger partial charge in [-0.25, -0.2) is 13.8 Å². The summed E-state index contributed by atoms with van der Waals surface area (Å²) >= 11 is 1.28. The Morgan fingerprint density at radius 3 is 2.88 bits per heavy atom. The van der Waals surface area contributed by atoms with E-state index in [1.54, 1.807) is 5.38 Å². The van der Waals surface area contributed by atoms with Crippen molar-refractivity contribution in [2.24, 2.45) is 5.92 Å². The van der Waals surface area contributed by atoms with E-state index >= 15 is 0 Å². The maximum absolute atomic E-state index is 13.3. The molecule has 0 bridgehead atoms. The number of carbonyl (C=O) groups is 2. The molecular formula is C15H14F2N4O2S. The van der Waals surface area contributed by atoms with Crippen LogP contribution in [0.2, 0.25) is 0 Å². The molecule has 0 spiro atoms. The van der Waals surface area contributed by atoms with Crippen molar-refractivity contribution >= 4 is 34.0 Å². The second-order valence-electron chi connectivity index (χ2n) is 5.40. The fourth-order valence-electron chi connectivity index (χ4n) is 2.51. The summed E-state index contributed by atoms with van der Waals surface area (Å²) in [6.45, 7) is 0.345. The molecule has 0 aliphatic carbocycles. The maximum Gasteiger partial charge on any atom is 0.227 e. The molecule has 1 aromatic carbocycles. The zero-order chi connectivity index (χ0) is 17.3. The van der Waals surface area contributed by atoms with Gasteiger partial charge in [0.1, 0.15) is 0 Å². The van der Waals surface area contributed by atoms with Crippen molar-refractivity contribution in [1.29, 1.82) is 0 Å². The first-order chi connectivity index (χ1) is 11.4. The number of amides is 2. The molecule has 6 nitrogen and oxygen atoms in total.